The number of methoxy groups -OCH3 is 1. The van der Waals surface area contributed by atoms with Crippen LogP contribution in [0.1, 0.15) is 24.4 Å². The number of alkyl halides is 3. The number of hydrogen-bond acceptors (Lipinski definition) is 5. The first-order chi connectivity index (χ1) is 9.73. The maximum atomic E-state index is 12.4. The van der Waals surface area contributed by atoms with Crippen LogP contribution in [0.5, 0.6) is 0 Å². The van der Waals surface area contributed by atoms with Gasteiger partial charge in [0, 0.05) is 25.6 Å². The molecule has 1 N–H and O–H groups in total. The van der Waals surface area contributed by atoms with Gasteiger partial charge in [0.15, 0.2) is 5.13 Å². The molecule has 0 atom stereocenters. The number of aromatic nitrogens is 1. The van der Waals surface area contributed by atoms with Gasteiger partial charge in [0.05, 0.1) is 12.3 Å². The number of hydrogen-bond donors (Lipinski definition) is 1. The Kier molecular flexibility index (Phi) is 6.89. The second-order valence-electron chi connectivity index (χ2n) is 5.30. The van der Waals surface area contributed by atoms with Crippen molar-refractivity contribution in [2.45, 2.75) is 33.2 Å². The lowest BCUT2D eigenvalue weighted by molar-refractivity contribution is -0.119. The lowest BCUT2D eigenvalue weighted by atomic mass is 10.2. The van der Waals surface area contributed by atoms with Gasteiger partial charge in [-0.1, -0.05) is 13.8 Å². The zero-order chi connectivity index (χ0) is 16.0. The van der Waals surface area contributed by atoms with Crippen LogP contribution in [-0.4, -0.2) is 38.4 Å². The number of halogens is 3. The number of nitrogens with zero attached hydrogens (tertiary/aromatic N) is 2. The van der Waals surface area contributed by atoms with E-state index in [0.29, 0.717) is 29.9 Å². The normalized spacial score (nSPS) is 12.2. The molecule has 0 saturated heterocycles. The smallest absolute Gasteiger partial charge is 0.378 e. The number of rotatable bonds is 8. The van der Waals surface area contributed by atoms with E-state index in [9.17, 15) is 13.2 Å². The third-order valence-corrected chi connectivity index (χ3v) is 3.84. The van der Waals surface area contributed by atoms with E-state index in [0.717, 1.165) is 16.3 Å². The molecule has 1 rings (SSSR count). The zero-order valence-corrected chi connectivity index (χ0v) is 13.6. The minimum Gasteiger partial charge on any atom is -0.378 e. The van der Waals surface area contributed by atoms with Crippen LogP contribution in [0.2, 0.25) is 0 Å². The molecule has 0 radical (unpaired) electrons. The van der Waals surface area contributed by atoms with Gasteiger partial charge in [-0.3, -0.25) is 0 Å². The molecule has 0 unspecified atom stereocenters. The molecule has 0 aliphatic heterocycles. The highest BCUT2D eigenvalue weighted by Crippen LogP contribution is 2.28. The van der Waals surface area contributed by atoms with Gasteiger partial charge in [-0.2, -0.15) is 13.2 Å². The van der Waals surface area contributed by atoms with Crippen LogP contribution in [0.3, 0.4) is 0 Å². The molecule has 1 aromatic rings. The van der Waals surface area contributed by atoms with Crippen LogP contribution in [0.15, 0.2) is 0 Å². The lowest BCUT2D eigenvalue weighted by Crippen LogP contribution is -2.30. The molecule has 1 heterocycles. The van der Waals surface area contributed by atoms with Crippen molar-refractivity contribution in [2.24, 2.45) is 5.92 Å². The van der Waals surface area contributed by atoms with Crippen molar-refractivity contribution in [3.63, 3.8) is 0 Å². The Morgan fingerprint density at radius 3 is 2.57 bits per heavy atom. The fourth-order valence-electron chi connectivity index (χ4n) is 1.73. The van der Waals surface area contributed by atoms with E-state index in [1.54, 1.807) is 7.11 Å². The van der Waals surface area contributed by atoms with Gasteiger partial charge in [0.1, 0.15) is 6.54 Å². The summed E-state index contributed by atoms with van der Waals surface area (Å²) in [5, 5.41) is 3.64. The first kappa shape index (κ1) is 18.2. The Morgan fingerprint density at radius 2 is 2.05 bits per heavy atom. The topological polar surface area (TPSA) is 37.4 Å². The highest BCUT2D eigenvalue weighted by atomic mass is 32.1. The highest BCUT2D eigenvalue weighted by Gasteiger charge is 2.30. The number of nitrogens with one attached hydrogen (secondary N) is 1. The summed E-state index contributed by atoms with van der Waals surface area (Å²) in [5.41, 5.74) is 0.697. The lowest BCUT2D eigenvalue weighted by Gasteiger charge is -2.17. The highest BCUT2D eigenvalue weighted by molar-refractivity contribution is 7.15. The monoisotopic (exact) mass is 325 g/mol. The van der Waals surface area contributed by atoms with Gasteiger partial charge in [0.25, 0.3) is 0 Å². The maximum absolute atomic E-state index is 12.4. The molecule has 0 bridgehead atoms. The summed E-state index contributed by atoms with van der Waals surface area (Å²) in [6, 6.07) is 0. The first-order valence-electron chi connectivity index (χ1n) is 6.69. The van der Waals surface area contributed by atoms with E-state index in [1.807, 2.05) is 0 Å². The van der Waals surface area contributed by atoms with Crippen LogP contribution < -0.4 is 10.2 Å². The summed E-state index contributed by atoms with van der Waals surface area (Å²) in [6.45, 7) is 4.92. The van der Waals surface area contributed by atoms with E-state index in [4.69, 9.17) is 4.74 Å². The number of anilines is 1. The van der Waals surface area contributed by atoms with Crippen LogP contribution in [0.25, 0.3) is 0 Å². The third-order valence-electron chi connectivity index (χ3n) is 2.63. The molecule has 0 amide bonds. The SMILES string of the molecule is COCc1nc(N(C)CC(F)(F)F)sc1CNCC(C)C. The summed E-state index contributed by atoms with van der Waals surface area (Å²) in [7, 11) is 2.94. The van der Waals surface area contributed by atoms with E-state index < -0.39 is 12.7 Å². The zero-order valence-electron chi connectivity index (χ0n) is 12.8. The van der Waals surface area contributed by atoms with E-state index in [1.165, 1.54) is 18.4 Å². The van der Waals surface area contributed by atoms with E-state index in [2.05, 4.69) is 24.1 Å². The Hall–Kier alpha value is -0.860. The van der Waals surface area contributed by atoms with Crippen LogP contribution >= 0.6 is 11.3 Å². The van der Waals surface area contributed by atoms with Gasteiger partial charge in [-0.15, -0.1) is 11.3 Å². The van der Waals surface area contributed by atoms with Crippen molar-refractivity contribution in [1.29, 1.82) is 0 Å². The summed E-state index contributed by atoms with van der Waals surface area (Å²) in [6.07, 6.45) is -4.24. The van der Waals surface area contributed by atoms with E-state index >= 15 is 0 Å². The van der Waals surface area contributed by atoms with E-state index in [-0.39, 0.29) is 0 Å². The predicted molar refractivity (Wildman–Crippen MR) is 78.7 cm³/mol. The van der Waals surface area contributed by atoms with Crippen molar-refractivity contribution < 1.29 is 17.9 Å². The van der Waals surface area contributed by atoms with Crippen LogP contribution in [0.4, 0.5) is 18.3 Å². The van der Waals surface area contributed by atoms with Gasteiger partial charge < -0.3 is 15.0 Å². The van der Waals surface area contributed by atoms with Crippen molar-refractivity contribution in [3.05, 3.63) is 10.6 Å². The standard InChI is InChI=1S/C13H22F3N3OS/c1-9(2)5-17-6-11-10(7-20-4)18-12(21-11)19(3)8-13(14,15)16/h9,17H,5-8H2,1-4H3. The summed E-state index contributed by atoms with van der Waals surface area (Å²) in [5.74, 6) is 0.510. The third kappa shape index (κ3) is 6.62. The minimum absolute atomic E-state index is 0.301. The molecule has 122 valence electrons. The molecular formula is C13H22F3N3OS. The Labute approximate surface area is 127 Å². The van der Waals surface area contributed by atoms with Crippen molar-refractivity contribution in [3.8, 4) is 0 Å². The molecule has 0 aliphatic rings. The average Bonchev–Trinajstić information content (AvgIpc) is 2.71. The molecule has 0 fully saturated rings. The quantitative estimate of drug-likeness (QED) is 0.797. The Balaban J connectivity index is 2.77. The van der Waals surface area contributed by atoms with Crippen LogP contribution in [-0.2, 0) is 17.9 Å². The van der Waals surface area contributed by atoms with Gasteiger partial charge in [0.2, 0.25) is 0 Å². The molecule has 0 aromatic carbocycles. The van der Waals surface area contributed by atoms with Crippen LogP contribution in [0, 0.1) is 5.92 Å². The summed E-state index contributed by atoms with van der Waals surface area (Å²) in [4.78, 5) is 6.30. The number of ether oxygens (including phenoxy) is 1. The molecule has 0 spiro atoms. The van der Waals surface area contributed by atoms with Crippen molar-refractivity contribution in [1.82, 2.24) is 10.3 Å². The number of thiazole rings is 1. The minimum atomic E-state index is -4.24. The molecule has 21 heavy (non-hydrogen) atoms. The van der Waals surface area contributed by atoms with Gasteiger partial charge in [-0.05, 0) is 12.5 Å². The molecule has 8 heteroatoms. The van der Waals surface area contributed by atoms with Crippen molar-refractivity contribution in [2.75, 3.05) is 32.1 Å². The van der Waals surface area contributed by atoms with Gasteiger partial charge >= 0.3 is 6.18 Å². The van der Waals surface area contributed by atoms with Gasteiger partial charge in [-0.25, -0.2) is 4.98 Å². The predicted octanol–water partition coefficient (Wildman–Crippen LogP) is 3.03. The molecule has 0 aliphatic carbocycles. The molecular weight excluding hydrogens is 303 g/mol. The largest absolute Gasteiger partial charge is 0.405 e. The Morgan fingerprint density at radius 1 is 1.38 bits per heavy atom. The first-order valence-corrected chi connectivity index (χ1v) is 7.50. The summed E-state index contributed by atoms with van der Waals surface area (Å²) >= 11 is 1.27. The molecule has 4 nitrogen and oxygen atoms in total. The maximum Gasteiger partial charge on any atom is 0.405 e. The van der Waals surface area contributed by atoms with Crippen molar-refractivity contribution >= 4 is 16.5 Å². The fraction of sp³-hybridized carbons (Fsp3) is 0.769. The summed E-state index contributed by atoms with van der Waals surface area (Å²) < 4.78 is 42.4. The molecule has 1 aromatic heterocycles. The second-order valence-corrected chi connectivity index (χ2v) is 6.36. The average molecular weight is 325 g/mol. The second kappa shape index (κ2) is 7.95. The fourth-order valence-corrected chi connectivity index (χ4v) is 2.72. The molecule has 0 saturated carbocycles. The Bertz CT molecular complexity index is 435.